The van der Waals surface area contributed by atoms with Crippen LogP contribution in [0.5, 0.6) is 5.75 Å². The Labute approximate surface area is 333 Å². The Morgan fingerprint density at radius 1 is 0.589 bits per heavy atom. The SMILES string of the molecule is CC.CC1(C)c2ccccc2-c2ccc(/C=C/c3ccc(N4c5ccccc5CCc5ccccc54)cc3)cc21.CN1C2=C(CC=CC=C2)Oc2ccccc21. The lowest BCUT2D eigenvalue weighted by Gasteiger charge is -2.30. The summed E-state index contributed by atoms with van der Waals surface area (Å²) in [5.74, 6) is 1.96. The van der Waals surface area contributed by atoms with Crippen LogP contribution in [-0.2, 0) is 18.3 Å². The summed E-state index contributed by atoms with van der Waals surface area (Å²) >= 11 is 0. The van der Waals surface area contributed by atoms with E-state index in [0.717, 1.165) is 42.2 Å². The maximum absolute atomic E-state index is 5.92. The molecule has 0 amide bonds. The van der Waals surface area contributed by atoms with E-state index in [4.69, 9.17) is 4.74 Å². The number of para-hydroxylation sites is 4. The number of hydrogen-bond acceptors (Lipinski definition) is 3. The van der Waals surface area contributed by atoms with Crippen molar-refractivity contribution in [3.63, 3.8) is 0 Å². The predicted octanol–water partition coefficient (Wildman–Crippen LogP) is 14.0. The summed E-state index contributed by atoms with van der Waals surface area (Å²) in [6.45, 7) is 8.67. The smallest absolute Gasteiger partial charge is 0.150 e. The number of allylic oxidation sites excluding steroid dienone is 4. The van der Waals surface area contributed by atoms with Gasteiger partial charge in [0.25, 0.3) is 0 Å². The fourth-order valence-electron chi connectivity index (χ4n) is 8.38. The third kappa shape index (κ3) is 6.90. The number of likely N-dealkylation sites (N-methyl/N-ethyl adjacent to an activating group) is 1. The molecule has 0 bridgehead atoms. The molecular formula is C53H50N2O. The number of aryl methyl sites for hydroxylation is 2. The minimum absolute atomic E-state index is 0.0250. The Morgan fingerprint density at radius 3 is 1.91 bits per heavy atom. The molecule has 3 nitrogen and oxygen atoms in total. The topological polar surface area (TPSA) is 15.7 Å². The Kier molecular flexibility index (Phi) is 10.3. The molecule has 6 aromatic carbocycles. The lowest BCUT2D eigenvalue weighted by Crippen LogP contribution is -2.23. The van der Waals surface area contributed by atoms with E-state index in [9.17, 15) is 0 Å². The van der Waals surface area contributed by atoms with Crippen LogP contribution >= 0.6 is 0 Å². The number of hydrogen-bond donors (Lipinski definition) is 0. The summed E-state index contributed by atoms with van der Waals surface area (Å²) in [6, 6.07) is 50.4. The van der Waals surface area contributed by atoms with Gasteiger partial charge in [-0.15, -0.1) is 0 Å². The lowest BCUT2D eigenvalue weighted by molar-refractivity contribution is 0.401. The molecule has 2 aliphatic heterocycles. The monoisotopic (exact) mass is 730 g/mol. The molecule has 0 aromatic heterocycles. The van der Waals surface area contributed by atoms with Gasteiger partial charge in [0, 0.05) is 35.9 Å². The first-order chi connectivity index (χ1) is 27.5. The highest BCUT2D eigenvalue weighted by Gasteiger charge is 2.35. The van der Waals surface area contributed by atoms with E-state index in [0.29, 0.717) is 0 Å². The average molecular weight is 731 g/mol. The lowest BCUT2D eigenvalue weighted by atomic mass is 9.82. The van der Waals surface area contributed by atoms with E-state index in [2.05, 4.69) is 188 Å². The fourth-order valence-corrected chi connectivity index (χ4v) is 8.38. The van der Waals surface area contributed by atoms with Crippen LogP contribution in [0.25, 0.3) is 23.3 Å². The van der Waals surface area contributed by atoms with Crippen LogP contribution in [0.4, 0.5) is 22.7 Å². The summed E-state index contributed by atoms with van der Waals surface area (Å²) in [5.41, 5.74) is 16.8. The first-order valence-corrected chi connectivity index (χ1v) is 20.0. The molecule has 0 N–H and O–H groups in total. The molecular weight excluding hydrogens is 681 g/mol. The van der Waals surface area contributed by atoms with Crippen LogP contribution in [0.15, 0.2) is 175 Å². The number of nitrogens with zero attached hydrogens (tertiary/aromatic N) is 2. The number of benzene rings is 6. The van der Waals surface area contributed by atoms with Gasteiger partial charge >= 0.3 is 0 Å². The molecule has 0 saturated carbocycles. The number of rotatable bonds is 3. The molecule has 2 aliphatic carbocycles. The van der Waals surface area contributed by atoms with Crippen LogP contribution in [0.3, 0.4) is 0 Å². The molecule has 0 fully saturated rings. The third-order valence-corrected chi connectivity index (χ3v) is 11.3. The van der Waals surface area contributed by atoms with Gasteiger partial charge in [-0.3, -0.25) is 0 Å². The van der Waals surface area contributed by atoms with Crippen LogP contribution in [0, 0.1) is 0 Å². The second-order valence-corrected chi connectivity index (χ2v) is 14.9. The zero-order valence-corrected chi connectivity index (χ0v) is 33.2. The maximum atomic E-state index is 5.92. The van der Waals surface area contributed by atoms with E-state index >= 15 is 0 Å². The molecule has 2 heterocycles. The number of ether oxygens (including phenoxy) is 1. The van der Waals surface area contributed by atoms with Crippen molar-refractivity contribution in [3.8, 4) is 16.9 Å². The van der Waals surface area contributed by atoms with Gasteiger partial charge in [-0.05, 0) is 99.8 Å². The van der Waals surface area contributed by atoms with Gasteiger partial charge in [-0.25, -0.2) is 0 Å². The molecule has 3 heteroatoms. The first-order valence-electron chi connectivity index (χ1n) is 20.0. The van der Waals surface area contributed by atoms with Gasteiger partial charge in [0.15, 0.2) is 5.75 Å². The van der Waals surface area contributed by atoms with Crippen LogP contribution in [-0.4, -0.2) is 7.05 Å². The van der Waals surface area contributed by atoms with Gasteiger partial charge in [0.1, 0.15) is 5.76 Å². The normalized spacial score (nSPS) is 15.3. The van der Waals surface area contributed by atoms with E-state index in [-0.39, 0.29) is 5.41 Å². The van der Waals surface area contributed by atoms with Crippen molar-refractivity contribution < 1.29 is 4.74 Å². The second kappa shape index (κ2) is 15.8. The summed E-state index contributed by atoms with van der Waals surface area (Å²) in [7, 11) is 2.08. The van der Waals surface area contributed by atoms with Gasteiger partial charge < -0.3 is 14.5 Å². The Bertz CT molecular complexity index is 2450. The number of fused-ring (bicyclic) bond motifs is 6. The summed E-state index contributed by atoms with van der Waals surface area (Å²) in [4.78, 5) is 4.60. The summed E-state index contributed by atoms with van der Waals surface area (Å²) in [6.07, 6.45) is 15.8. The van der Waals surface area contributed by atoms with Crippen LogP contribution < -0.4 is 14.5 Å². The van der Waals surface area contributed by atoms with Crippen molar-refractivity contribution in [2.24, 2.45) is 0 Å². The average Bonchev–Trinajstić information content (AvgIpc) is 3.44. The quantitative estimate of drug-likeness (QED) is 0.169. The predicted molar refractivity (Wildman–Crippen MR) is 238 cm³/mol. The van der Waals surface area contributed by atoms with Gasteiger partial charge in [0.2, 0.25) is 0 Å². The van der Waals surface area contributed by atoms with Crippen molar-refractivity contribution >= 4 is 34.9 Å². The van der Waals surface area contributed by atoms with Gasteiger partial charge in [-0.2, -0.15) is 0 Å². The third-order valence-electron chi connectivity index (χ3n) is 11.3. The van der Waals surface area contributed by atoms with Crippen molar-refractivity contribution in [3.05, 3.63) is 209 Å². The highest BCUT2D eigenvalue weighted by molar-refractivity contribution is 5.84. The fraction of sp³-hybridized carbons (Fsp3) is 0.170. The van der Waals surface area contributed by atoms with Crippen molar-refractivity contribution in [1.82, 2.24) is 0 Å². The molecule has 0 atom stereocenters. The molecule has 0 spiro atoms. The van der Waals surface area contributed by atoms with E-state index in [1.165, 1.54) is 61.6 Å². The van der Waals surface area contributed by atoms with Crippen molar-refractivity contribution in [2.45, 2.75) is 52.4 Å². The van der Waals surface area contributed by atoms with Crippen molar-refractivity contribution in [2.75, 3.05) is 16.8 Å². The standard InChI is InChI=1S/C37H31N.C14H13NO.C2H6/c1-37(2)33-12-6-5-11-31(33)32-24-19-27(25-34(32)37)16-15-26-17-22-30(23-18-26)38-35-13-7-3-9-28(35)20-21-29-10-4-8-14-36(29)38;1-15-11-7-3-2-4-9-13(11)16-14-10-6-5-8-12(14)15;1-2/h3-19,22-25H,20-21H2,1-2H3;2-8,10H,9H2,1H3;1-2H3/b16-15+;;. The van der Waals surface area contributed by atoms with Gasteiger partial charge in [-0.1, -0.05) is 161 Å². The van der Waals surface area contributed by atoms with E-state index in [1.54, 1.807) is 0 Å². The minimum Gasteiger partial charge on any atom is -0.457 e. The van der Waals surface area contributed by atoms with E-state index in [1.807, 2.05) is 32.0 Å². The Balaban J connectivity index is 0.000000204. The van der Waals surface area contributed by atoms with Gasteiger partial charge in [0.05, 0.1) is 11.4 Å². The zero-order chi connectivity index (χ0) is 38.6. The number of anilines is 4. The zero-order valence-electron chi connectivity index (χ0n) is 33.2. The molecule has 10 rings (SSSR count). The molecule has 0 saturated heterocycles. The molecule has 56 heavy (non-hydrogen) atoms. The summed E-state index contributed by atoms with van der Waals surface area (Å²) in [5, 5.41) is 0. The summed E-state index contributed by atoms with van der Waals surface area (Å²) < 4.78 is 5.92. The highest BCUT2D eigenvalue weighted by Crippen LogP contribution is 2.49. The molecule has 0 unspecified atom stereocenters. The Morgan fingerprint density at radius 2 is 1.18 bits per heavy atom. The van der Waals surface area contributed by atoms with Crippen LogP contribution in [0.1, 0.15) is 67.5 Å². The second-order valence-electron chi connectivity index (χ2n) is 14.9. The maximum Gasteiger partial charge on any atom is 0.150 e. The minimum atomic E-state index is 0.0250. The van der Waals surface area contributed by atoms with E-state index < -0.39 is 0 Å². The van der Waals surface area contributed by atoms with Crippen molar-refractivity contribution in [1.29, 1.82) is 0 Å². The molecule has 6 aromatic rings. The molecule has 278 valence electrons. The van der Waals surface area contributed by atoms with Crippen LogP contribution in [0.2, 0.25) is 0 Å². The molecule has 4 aliphatic rings. The largest absolute Gasteiger partial charge is 0.457 e. The molecule has 0 radical (unpaired) electrons. The Hall–Kier alpha value is -6.32. The first kappa shape index (κ1) is 36.6. The highest BCUT2D eigenvalue weighted by atomic mass is 16.5.